The summed E-state index contributed by atoms with van der Waals surface area (Å²) in [4.78, 5) is 11.1. The molecule has 0 aromatic carbocycles. The molecule has 0 unspecified atom stereocenters. The molecule has 0 bridgehead atoms. The second kappa shape index (κ2) is 8.39. The molecule has 4 saturated carbocycles. The van der Waals surface area contributed by atoms with Gasteiger partial charge < -0.3 is 15.3 Å². The first-order chi connectivity index (χ1) is 14.2. The first kappa shape index (κ1) is 22.6. The lowest BCUT2D eigenvalue weighted by atomic mass is 9.42. The Balaban J connectivity index is 1.61. The summed E-state index contributed by atoms with van der Waals surface area (Å²) in [7, 11) is 0. The normalized spacial score (nSPS) is 51.5. The van der Waals surface area contributed by atoms with Gasteiger partial charge in [0.15, 0.2) is 0 Å². The van der Waals surface area contributed by atoms with Crippen LogP contribution >= 0.6 is 0 Å². The predicted octanol–water partition coefficient (Wildman–Crippen LogP) is 4.97. The van der Waals surface area contributed by atoms with Crippen molar-refractivity contribution in [1.29, 1.82) is 0 Å². The molecule has 4 rings (SSSR count). The minimum atomic E-state index is -0.680. The van der Waals surface area contributed by atoms with Crippen LogP contribution in [0.15, 0.2) is 0 Å². The number of carbonyl (C=O) groups is 1. The summed E-state index contributed by atoms with van der Waals surface area (Å²) in [5.41, 5.74) is 0.246. The van der Waals surface area contributed by atoms with Gasteiger partial charge in [0.05, 0.1) is 12.2 Å². The second-order valence-corrected chi connectivity index (χ2v) is 11.9. The van der Waals surface area contributed by atoms with E-state index in [-0.39, 0.29) is 24.0 Å². The van der Waals surface area contributed by atoms with Crippen molar-refractivity contribution in [2.75, 3.05) is 0 Å². The van der Waals surface area contributed by atoms with E-state index in [0.29, 0.717) is 53.3 Å². The van der Waals surface area contributed by atoms with Crippen molar-refractivity contribution in [3.63, 3.8) is 0 Å². The lowest BCUT2D eigenvalue weighted by Crippen LogP contribution is -2.61. The Morgan fingerprint density at radius 2 is 1.83 bits per heavy atom. The summed E-state index contributed by atoms with van der Waals surface area (Å²) in [5.74, 6) is 3.96. The first-order valence-electron chi connectivity index (χ1n) is 12.8. The van der Waals surface area contributed by atoms with Crippen molar-refractivity contribution < 1.29 is 20.1 Å². The van der Waals surface area contributed by atoms with Gasteiger partial charge in [-0.25, -0.2) is 0 Å². The van der Waals surface area contributed by atoms with Crippen molar-refractivity contribution in [2.24, 2.45) is 58.7 Å². The maximum Gasteiger partial charge on any atom is 0.303 e. The highest BCUT2D eigenvalue weighted by Crippen LogP contribution is 2.67. The molecule has 30 heavy (non-hydrogen) atoms. The maximum atomic E-state index is 11.7. The van der Waals surface area contributed by atoms with E-state index in [2.05, 4.69) is 27.7 Å². The minimum absolute atomic E-state index is 0.194. The van der Waals surface area contributed by atoms with Gasteiger partial charge in [-0.2, -0.15) is 0 Å². The summed E-state index contributed by atoms with van der Waals surface area (Å²) in [6.45, 7) is 9.42. The minimum Gasteiger partial charge on any atom is -0.481 e. The van der Waals surface area contributed by atoms with Gasteiger partial charge in [0, 0.05) is 6.42 Å². The van der Waals surface area contributed by atoms with Crippen LogP contribution in [-0.2, 0) is 4.79 Å². The molecule has 0 saturated heterocycles. The van der Waals surface area contributed by atoms with E-state index in [1.54, 1.807) is 0 Å². The van der Waals surface area contributed by atoms with E-state index in [9.17, 15) is 15.0 Å². The van der Waals surface area contributed by atoms with Gasteiger partial charge in [-0.15, -0.1) is 0 Å². The van der Waals surface area contributed by atoms with Gasteiger partial charge in [0.25, 0.3) is 0 Å². The highest BCUT2D eigenvalue weighted by Gasteiger charge is 2.63. The van der Waals surface area contributed by atoms with Crippen molar-refractivity contribution in [1.82, 2.24) is 0 Å². The molecule has 172 valence electrons. The summed E-state index contributed by atoms with van der Waals surface area (Å²) in [5, 5.41) is 31.2. The van der Waals surface area contributed by atoms with Gasteiger partial charge in [-0.1, -0.05) is 34.1 Å². The number of aliphatic carboxylic acids is 1. The van der Waals surface area contributed by atoms with Crippen LogP contribution in [0.4, 0.5) is 0 Å². The molecule has 4 aliphatic carbocycles. The molecule has 0 aromatic rings. The van der Waals surface area contributed by atoms with Gasteiger partial charge >= 0.3 is 5.97 Å². The number of aliphatic hydroxyl groups excluding tert-OH is 2. The summed E-state index contributed by atoms with van der Waals surface area (Å²) >= 11 is 0. The van der Waals surface area contributed by atoms with Crippen LogP contribution in [0.25, 0.3) is 0 Å². The highest BCUT2D eigenvalue weighted by molar-refractivity contribution is 5.66. The summed E-state index contributed by atoms with van der Waals surface area (Å²) in [6, 6.07) is 0. The first-order valence-corrected chi connectivity index (χ1v) is 12.8. The molecule has 0 spiro atoms. The third kappa shape index (κ3) is 3.54. The Hall–Kier alpha value is -0.610. The number of rotatable bonds is 5. The van der Waals surface area contributed by atoms with Crippen LogP contribution in [0.5, 0.6) is 0 Å². The number of aliphatic hydroxyl groups is 2. The number of hydrogen-bond donors (Lipinski definition) is 3. The van der Waals surface area contributed by atoms with E-state index in [1.165, 1.54) is 19.3 Å². The van der Waals surface area contributed by atoms with Crippen molar-refractivity contribution >= 4 is 5.97 Å². The van der Waals surface area contributed by atoms with Crippen LogP contribution in [0.3, 0.4) is 0 Å². The van der Waals surface area contributed by atoms with Crippen LogP contribution < -0.4 is 0 Å². The monoisotopic (exact) mass is 420 g/mol. The van der Waals surface area contributed by atoms with Gasteiger partial charge in [-0.05, 0) is 104 Å². The topological polar surface area (TPSA) is 77.8 Å². The van der Waals surface area contributed by atoms with Crippen LogP contribution in [0.2, 0.25) is 0 Å². The van der Waals surface area contributed by atoms with Crippen molar-refractivity contribution in [3.05, 3.63) is 0 Å². The smallest absolute Gasteiger partial charge is 0.303 e. The van der Waals surface area contributed by atoms with Crippen LogP contribution in [0.1, 0.15) is 85.5 Å². The lowest BCUT2D eigenvalue weighted by molar-refractivity contribution is -0.199. The Kier molecular flexibility index (Phi) is 6.31. The van der Waals surface area contributed by atoms with E-state index in [1.807, 2.05) is 0 Å². The molecule has 4 heteroatoms. The Morgan fingerprint density at radius 3 is 2.50 bits per heavy atom. The predicted molar refractivity (Wildman–Crippen MR) is 118 cm³/mol. The Labute approximate surface area is 182 Å². The zero-order chi connectivity index (χ0) is 21.8. The zero-order valence-electron chi connectivity index (χ0n) is 19.5. The average molecular weight is 421 g/mol. The molecule has 3 N–H and O–H groups in total. The molecule has 0 amide bonds. The van der Waals surface area contributed by atoms with E-state index >= 15 is 0 Å². The lowest BCUT2D eigenvalue weighted by Gasteiger charge is -2.64. The second-order valence-electron chi connectivity index (χ2n) is 11.9. The fourth-order valence-corrected chi connectivity index (χ4v) is 9.34. The van der Waals surface area contributed by atoms with Crippen molar-refractivity contribution in [2.45, 2.75) is 97.7 Å². The van der Waals surface area contributed by atoms with Gasteiger partial charge in [0.1, 0.15) is 0 Å². The van der Waals surface area contributed by atoms with Crippen molar-refractivity contribution in [3.8, 4) is 0 Å². The summed E-state index contributed by atoms with van der Waals surface area (Å²) < 4.78 is 0. The fourth-order valence-electron chi connectivity index (χ4n) is 9.34. The molecule has 0 heterocycles. The molecule has 4 fully saturated rings. The molecule has 0 aromatic heterocycles. The summed E-state index contributed by atoms with van der Waals surface area (Å²) in [6.07, 6.45) is 8.12. The van der Waals surface area contributed by atoms with Gasteiger partial charge in [0.2, 0.25) is 0 Å². The highest BCUT2D eigenvalue weighted by atomic mass is 16.4. The number of fused-ring (bicyclic) bond motifs is 5. The number of hydrogen-bond acceptors (Lipinski definition) is 3. The quantitative estimate of drug-likeness (QED) is 0.587. The molecule has 12 atom stereocenters. The Bertz CT molecular complexity index is 635. The largest absolute Gasteiger partial charge is 0.481 e. The SMILES string of the molecule is CC[C@H]1[C@@H](O)[C@H]2[C@@H]3CC[C@H]([C@H](C)CCC(=O)O)[C@H]3[C@H](C)C[C@@H]2[C@@]2(C)CC[C@@H](O)C[C@@H]12. The van der Waals surface area contributed by atoms with Crippen LogP contribution in [-0.4, -0.2) is 33.5 Å². The van der Waals surface area contributed by atoms with E-state index < -0.39 is 5.97 Å². The average Bonchev–Trinajstić information content (AvgIpc) is 3.14. The third-order valence-electron chi connectivity index (χ3n) is 10.7. The Morgan fingerprint density at radius 1 is 1.10 bits per heavy atom. The molecular weight excluding hydrogens is 376 g/mol. The number of carboxylic acid groups (broad SMARTS) is 1. The molecule has 0 aliphatic heterocycles. The third-order valence-corrected chi connectivity index (χ3v) is 10.7. The fraction of sp³-hybridized carbons (Fsp3) is 0.962. The molecule has 4 nitrogen and oxygen atoms in total. The van der Waals surface area contributed by atoms with Crippen LogP contribution in [0, 0.1) is 58.7 Å². The number of carboxylic acids is 1. The van der Waals surface area contributed by atoms with E-state index in [0.717, 1.165) is 32.1 Å². The molecule has 0 radical (unpaired) electrons. The maximum absolute atomic E-state index is 11.7. The van der Waals surface area contributed by atoms with Gasteiger partial charge in [-0.3, -0.25) is 4.79 Å². The molecular formula is C26H44O4. The standard InChI is InChI=1S/C26H44O4/c1-5-17-20-13-16(27)10-11-26(20,4)21-12-15(3)23-18(14(2)6-9-22(28)29)7-8-19(23)24(21)25(17)30/h14-21,23-25,27,30H,5-13H2,1-4H3,(H,28,29)/t14-,15-,16-,17-,18-,19-,20+,21+,23-,24+,25-,26+/m1/s1. The van der Waals surface area contributed by atoms with E-state index in [4.69, 9.17) is 5.11 Å². The molecule has 4 aliphatic rings. The zero-order valence-corrected chi connectivity index (χ0v) is 19.5.